The van der Waals surface area contributed by atoms with E-state index < -0.39 is 11.2 Å². The van der Waals surface area contributed by atoms with Crippen LogP contribution in [0, 0.1) is 0 Å². The van der Waals surface area contributed by atoms with Gasteiger partial charge in [-0.05, 0) is 29.5 Å². The molecular weight excluding hydrogens is 272 g/mol. The van der Waals surface area contributed by atoms with Crippen molar-refractivity contribution >= 4 is 28.8 Å². The van der Waals surface area contributed by atoms with Gasteiger partial charge in [0, 0.05) is 0 Å². The zero-order valence-corrected chi connectivity index (χ0v) is 11.3. The average molecular weight is 284 g/mol. The fraction of sp³-hybridized carbons (Fsp3) is 0.0667. The van der Waals surface area contributed by atoms with Crippen molar-refractivity contribution in [2.45, 2.75) is 10.5 Å². The first-order valence-corrected chi connectivity index (χ1v) is 6.98. The predicted molar refractivity (Wildman–Crippen MR) is 78.2 cm³/mol. The zero-order valence-electron chi connectivity index (χ0n) is 10.5. The van der Waals surface area contributed by atoms with E-state index in [0.717, 1.165) is 11.1 Å². The van der Waals surface area contributed by atoms with Crippen molar-refractivity contribution in [1.82, 2.24) is 4.98 Å². The Hall–Kier alpha value is -2.27. The molecule has 2 aromatic carbocycles. The van der Waals surface area contributed by atoms with Gasteiger partial charge in [0.15, 0.2) is 5.58 Å². The lowest BCUT2D eigenvalue weighted by Gasteiger charge is -2.10. The molecule has 0 aliphatic heterocycles. The zero-order chi connectivity index (χ0) is 13.9. The fourth-order valence-corrected chi connectivity index (χ4v) is 2.82. The maximum atomic E-state index is 11.7. The summed E-state index contributed by atoms with van der Waals surface area (Å²) in [6.45, 7) is 0. The highest BCUT2D eigenvalue weighted by Crippen LogP contribution is 2.35. The third-order valence-electron chi connectivity index (χ3n) is 2.85. The van der Waals surface area contributed by atoms with Gasteiger partial charge in [0.25, 0.3) is 5.22 Å². The molecule has 0 radical (unpaired) electrons. The quantitative estimate of drug-likeness (QED) is 0.747. The third kappa shape index (κ3) is 2.53. The van der Waals surface area contributed by atoms with Gasteiger partial charge in [-0.25, -0.2) is 4.98 Å². The fourth-order valence-electron chi connectivity index (χ4n) is 1.92. The first-order chi connectivity index (χ1) is 9.74. The number of thioether (sulfide) groups is 1. The number of carbonyl (C=O) groups is 1. The van der Waals surface area contributed by atoms with Crippen LogP contribution in [-0.4, -0.2) is 10.9 Å². The maximum absolute atomic E-state index is 11.7. The number of rotatable bonds is 4. The number of para-hydroxylation sites is 2. The minimum atomic E-state index is -0.510. The van der Waals surface area contributed by atoms with Crippen LogP contribution in [0.5, 0.6) is 0 Å². The highest BCUT2D eigenvalue weighted by Gasteiger charge is 2.22. The summed E-state index contributed by atoms with van der Waals surface area (Å²) < 4.78 is 5.61. The molecule has 3 aromatic rings. The molecule has 1 aromatic heterocycles. The van der Waals surface area contributed by atoms with Gasteiger partial charge in [-0.1, -0.05) is 42.5 Å². The Morgan fingerprint density at radius 1 is 1.10 bits per heavy atom. The number of nitrogens with two attached hydrogens (primary N) is 1. The number of hydrogen-bond donors (Lipinski definition) is 1. The van der Waals surface area contributed by atoms with Crippen molar-refractivity contribution in [3.8, 4) is 0 Å². The van der Waals surface area contributed by atoms with E-state index in [4.69, 9.17) is 10.2 Å². The van der Waals surface area contributed by atoms with Crippen LogP contribution in [0.4, 0.5) is 0 Å². The Kier molecular flexibility index (Phi) is 3.43. The van der Waals surface area contributed by atoms with E-state index in [9.17, 15) is 4.79 Å². The van der Waals surface area contributed by atoms with Gasteiger partial charge in [-0.3, -0.25) is 4.79 Å². The second-order valence-electron chi connectivity index (χ2n) is 4.26. The Balaban J connectivity index is 1.92. The molecule has 2 N–H and O–H groups in total. The Morgan fingerprint density at radius 3 is 2.50 bits per heavy atom. The summed E-state index contributed by atoms with van der Waals surface area (Å²) in [6, 6.07) is 16.9. The van der Waals surface area contributed by atoms with Crippen molar-refractivity contribution < 1.29 is 9.21 Å². The summed E-state index contributed by atoms with van der Waals surface area (Å²) in [7, 11) is 0. The van der Waals surface area contributed by atoms with Gasteiger partial charge in [-0.15, -0.1) is 0 Å². The van der Waals surface area contributed by atoms with Crippen LogP contribution in [0.25, 0.3) is 11.1 Å². The number of fused-ring (bicyclic) bond motifs is 1. The van der Waals surface area contributed by atoms with E-state index in [2.05, 4.69) is 4.98 Å². The molecule has 1 unspecified atom stereocenters. The highest BCUT2D eigenvalue weighted by molar-refractivity contribution is 8.00. The summed E-state index contributed by atoms with van der Waals surface area (Å²) in [5.74, 6) is -0.413. The second kappa shape index (κ2) is 5.38. The maximum Gasteiger partial charge on any atom is 0.257 e. The molecule has 4 nitrogen and oxygen atoms in total. The van der Waals surface area contributed by atoms with E-state index in [0.29, 0.717) is 10.8 Å². The molecule has 1 atom stereocenters. The van der Waals surface area contributed by atoms with Gasteiger partial charge in [-0.2, -0.15) is 0 Å². The standard InChI is InChI=1S/C15H12N2O2S/c16-14(18)13(10-6-2-1-3-7-10)20-15-17-11-8-4-5-9-12(11)19-15/h1-9,13H,(H2,16,18). The summed E-state index contributed by atoms with van der Waals surface area (Å²) in [4.78, 5) is 16.0. The van der Waals surface area contributed by atoms with Crippen LogP contribution in [0.3, 0.4) is 0 Å². The van der Waals surface area contributed by atoms with Crippen LogP contribution in [0.15, 0.2) is 64.2 Å². The molecule has 0 saturated heterocycles. The number of oxazole rings is 1. The Bertz CT molecular complexity index is 707. The summed E-state index contributed by atoms with van der Waals surface area (Å²) >= 11 is 1.22. The molecule has 3 rings (SSSR count). The van der Waals surface area contributed by atoms with E-state index in [1.54, 1.807) is 0 Å². The largest absolute Gasteiger partial charge is 0.431 e. The number of nitrogens with zero attached hydrogens (tertiary/aromatic N) is 1. The number of aromatic nitrogens is 1. The topological polar surface area (TPSA) is 69.1 Å². The minimum Gasteiger partial charge on any atom is -0.431 e. The molecule has 0 aliphatic rings. The Labute approximate surface area is 120 Å². The highest BCUT2D eigenvalue weighted by atomic mass is 32.2. The van der Waals surface area contributed by atoms with Crippen LogP contribution in [0.2, 0.25) is 0 Å². The molecule has 0 spiro atoms. The first kappa shape index (κ1) is 12.7. The number of amides is 1. The van der Waals surface area contributed by atoms with Gasteiger partial charge in [0.1, 0.15) is 10.8 Å². The number of benzene rings is 2. The summed E-state index contributed by atoms with van der Waals surface area (Å²) in [5, 5.41) is -0.0666. The molecule has 1 amide bonds. The molecule has 0 fully saturated rings. The van der Waals surface area contributed by atoms with Crippen molar-refractivity contribution in [2.75, 3.05) is 0 Å². The molecule has 20 heavy (non-hydrogen) atoms. The van der Waals surface area contributed by atoms with Crippen LogP contribution < -0.4 is 5.73 Å². The van der Waals surface area contributed by atoms with Gasteiger partial charge >= 0.3 is 0 Å². The predicted octanol–water partition coefficient (Wildman–Crippen LogP) is 3.15. The van der Waals surface area contributed by atoms with E-state index in [1.807, 2.05) is 54.6 Å². The van der Waals surface area contributed by atoms with E-state index in [1.165, 1.54) is 11.8 Å². The van der Waals surface area contributed by atoms with E-state index >= 15 is 0 Å². The first-order valence-electron chi connectivity index (χ1n) is 6.10. The van der Waals surface area contributed by atoms with Crippen LogP contribution in [0.1, 0.15) is 10.8 Å². The molecule has 0 saturated carbocycles. The van der Waals surface area contributed by atoms with Gasteiger partial charge in [0.05, 0.1) is 0 Å². The average Bonchev–Trinajstić information content (AvgIpc) is 2.88. The summed E-state index contributed by atoms with van der Waals surface area (Å²) in [6.07, 6.45) is 0. The number of hydrogen-bond acceptors (Lipinski definition) is 4. The monoisotopic (exact) mass is 284 g/mol. The lowest BCUT2D eigenvalue weighted by molar-refractivity contribution is -0.117. The normalized spacial score (nSPS) is 12.4. The molecule has 0 bridgehead atoms. The molecule has 100 valence electrons. The number of primary amides is 1. The SMILES string of the molecule is NC(=O)C(Sc1nc2ccccc2o1)c1ccccc1. The summed E-state index contributed by atoms with van der Waals surface area (Å²) in [5.41, 5.74) is 7.79. The Morgan fingerprint density at radius 2 is 1.80 bits per heavy atom. The van der Waals surface area contributed by atoms with Gasteiger partial charge < -0.3 is 10.2 Å². The molecule has 0 aliphatic carbocycles. The van der Waals surface area contributed by atoms with E-state index in [-0.39, 0.29) is 0 Å². The number of carbonyl (C=O) groups excluding carboxylic acids is 1. The van der Waals surface area contributed by atoms with Crippen molar-refractivity contribution in [3.05, 3.63) is 60.2 Å². The smallest absolute Gasteiger partial charge is 0.257 e. The van der Waals surface area contributed by atoms with Gasteiger partial charge in [0.2, 0.25) is 5.91 Å². The lowest BCUT2D eigenvalue weighted by atomic mass is 10.1. The second-order valence-corrected chi connectivity index (χ2v) is 5.31. The molecular formula is C15H12N2O2S. The molecule has 5 heteroatoms. The van der Waals surface area contributed by atoms with Crippen LogP contribution >= 0.6 is 11.8 Å². The third-order valence-corrected chi connectivity index (χ3v) is 3.97. The van der Waals surface area contributed by atoms with Crippen LogP contribution in [-0.2, 0) is 4.79 Å². The molecule has 1 heterocycles. The minimum absolute atomic E-state index is 0.413. The van der Waals surface area contributed by atoms with Crippen molar-refractivity contribution in [3.63, 3.8) is 0 Å². The lowest BCUT2D eigenvalue weighted by Crippen LogP contribution is -2.18. The van der Waals surface area contributed by atoms with Crippen molar-refractivity contribution in [1.29, 1.82) is 0 Å². The van der Waals surface area contributed by atoms with Crippen molar-refractivity contribution in [2.24, 2.45) is 5.73 Å².